The number of amides is 1. The fourth-order valence-corrected chi connectivity index (χ4v) is 4.05. The van der Waals surface area contributed by atoms with E-state index in [0.717, 1.165) is 22.2 Å². The molecule has 3 aromatic heterocycles. The number of aromatic nitrogens is 3. The minimum absolute atomic E-state index is 0.184. The number of nitrogens with zero attached hydrogens (tertiary/aromatic N) is 3. The number of carbonyl (C=O) groups excluding carboxylic acids is 1. The third kappa shape index (κ3) is 4.85. The van der Waals surface area contributed by atoms with Crippen molar-refractivity contribution in [3.63, 3.8) is 0 Å². The molecule has 9 nitrogen and oxygen atoms in total. The molecule has 1 amide bonds. The van der Waals surface area contributed by atoms with Gasteiger partial charge >= 0.3 is 0 Å². The van der Waals surface area contributed by atoms with Crippen LogP contribution in [0.3, 0.4) is 0 Å². The van der Waals surface area contributed by atoms with Gasteiger partial charge in [0.1, 0.15) is 17.2 Å². The molecule has 0 bridgehead atoms. The summed E-state index contributed by atoms with van der Waals surface area (Å²) in [6.45, 7) is 4.58. The number of nitrogens with one attached hydrogen (secondary N) is 1. The first-order valence-electron chi connectivity index (χ1n) is 11.0. The van der Waals surface area contributed by atoms with E-state index in [0.29, 0.717) is 49.9 Å². The van der Waals surface area contributed by atoms with Crippen molar-refractivity contribution >= 4 is 22.6 Å². The third-order valence-corrected chi connectivity index (χ3v) is 5.90. The van der Waals surface area contributed by atoms with E-state index >= 15 is 0 Å². The molecule has 4 heterocycles. The topological polar surface area (TPSA) is 108 Å². The maximum absolute atomic E-state index is 11.5. The minimum Gasteiger partial charge on any atom is -0.493 e. The predicted octanol–water partition coefficient (Wildman–Crippen LogP) is 3.01. The molecule has 9 heteroatoms. The molecule has 4 rings (SSSR count). The van der Waals surface area contributed by atoms with Gasteiger partial charge in [0.05, 0.1) is 42.4 Å². The highest BCUT2D eigenvalue weighted by Crippen LogP contribution is 2.38. The Hall–Kier alpha value is -3.01. The van der Waals surface area contributed by atoms with E-state index in [9.17, 15) is 9.90 Å². The zero-order chi connectivity index (χ0) is 23.6. The molecule has 1 saturated heterocycles. The molecular weight excluding hydrogens is 424 g/mol. The van der Waals surface area contributed by atoms with Gasteiger partial charge in [-0.05, 0) is 13.0 Å². The Labute approximate surface area is 192 Å². The Balaban J connectivity index is 1.82. The molecule has 33 heavy (non-hydrogen) atoms. The van der Waals surface area contributed by atoms with Gasteiger partial charge in [-0.1, -0.05) is 0 Å². The second-order valence-electron chi connectivity index (χ2n) is 8.48. The Morgan fingerprint density at radius 1 is 1.39 bits per heavy atom. The fraction of sp³-hybridized carbons (Fsp3) is 0.458. The van der Waals surface area contributed by atoms with Crippen molar-refractivity contribution in [1.82, 2.24) is 14.5 Å². The lowest BCUT2D eigenvalue weighted by molar-refractivity contribution is -0.114. The number of rotatable bonds is 8. The van der Waals surface area contributed by atoms with Gasteiger partial charge in [0.2, 0.25) is 5.91 Å². The normalized spacial score (nSPS) is 19.1. The highest BCUT2D eigenvalue weighted by Gasteiger charge is 2.39. The lowest BCUT2D eigenvalue weighted by Crippen LogP contribution is -2.30. The number of pyridine rings is 2. The summed E-state index contributed by atoms with van der Waals surface area (Å²) in [5.41, 5.74) is 2.60. The number of aryl methyl sites for hydroxylation is 1. The molecule has 0 unspecified atom stereocenters. The first kappa shape index (κ1) is 23.2. The second kappa shape index (κ2) is 9.46. The van der Waals surface area contributed by atoms with Crippen LogP contribution in [0.1, 0.15) is 32.4 Å². The van der Waals surface area contributed by atoms with Gasteiger partial charge in [0.15, 0.2) is 0 Å². The Morgan fingerprint density at radius 3 is 2.88 bits per heavy atom. The predicted molar refractivity (Wildman–Crippen MR) is 124 cm³/mol. The highest BCUT2D eigenvalue weighted by atomic mass is 16.5. The monoisotopic (exact) mass is 454 g/mol. The van der Waals surface area contributed by atoms with Crippen molar-refractivity contribution in [2.45, 2.75) is 38.4 Å². The van der Waals surface area contributed by atoms with E-state index < -0.39 is 11.7 Å². The van der Waals surface area contributed by atoms with Gasteiger partial charge in [0.25, 0.3) is 0 Å². The summed E-state index contributed by atoms with van der Waals surface area (Å²) >= 11 is 0. The first-order chi connectivity index (χ1) is 15.8. The van der Waals surface area contributed by atoms with Crippen LogP contribution >= 0.6 is 0 Å². The van der Waals surface area contributed by atoms with Crippen LogP contribution in [0.2, 0.25) is 0 Å². The van der Waals surface area contributed by atoms with Gasteiger partial charge in [-0.2, -0.15) is 0 Å². The maximum Gasteiger partial charge on any atom is 0.222 e. The molecule has 1 aliphatic heterocycles. The number of methoxy groups -OCH3 is 1. The van der Waals surface area contributed by atoms with Crippen LogP contribution in [0.4, 0.5) is 5.82 Å². The number of hydrogen-bond acceptors (Lipinski definition) is 7. The summed E-state index contributed by atoms with van der Waals surface area (Å²) in [7, 11) is 3.61. The van der Waals surface area contributed by atoms with Crippen LogP contribution in [0.15, 0.2) is 30.6 Å². The average molecular weight is 455 g/mol. The van der Waals surface area contributed by atoms with Crippen LogP contribution in [0.25, 0.3) is 22.2 Å². The molecule has 176 valence electrons. The van der Waals surface area contributed by atoms with E-state index in [-0.39, 0.29) is 5.91 Å². The second-order valence-corrected chi connectivity index (χ2v) is 8.48. The van der Waals surface area contributed by atoms with Crippen LogP contribution in [-0.2, 0) is 26.9 Å². The van der Waals surface area contributed by atoms with Gasteiger partial charge < -0.3 is 29.2 Å². The van der Waals surface area contributed by atoms with Crippen molar-refractivity contribution in [2.75, 3.05) is 32.2 Å². The Morgan fingerprint density at radius 2 is 2.21 bits per heavy atom. The van der Waals surface area contributed by atoms with Crippen molar-refractivity contribution in [1.29, 1.82) is 0 Å². The lowest BCUT2D eigenvalue weighted by atomic mass is 9.96. The van der Waals surface area contributed by atoms with Gasteiger partial charge in [-0.15, -0.1) is 0 Å². The summed E-state index contributed by atoms with van der Waals surface area (Å²) in [4.78, 5) is 20.8. The fourth-order valence-electron chi connectivity index (χ4n) is 4.05. The molecule has 2 atom stereocenters. The SMILES string of the molecule is CO[C@@]1(c2cc(OCC[C@@H](C)O)cc(-c3cn(C)c4cnc(NC(C)=O)cc34)n2)CCOC1. The molecule has 2 N–H and O–H groups in total. The minimum atomic E-state index is -0.647. The quantitative estimate of drug-likeness (QED) is 0.539. The number of fused-ring (bicyclic) bond motifs is 1. The summed E-state index contributed by atoms with van der Waals surface area (Å²) in [6.07, 6.45) is 4.48. The van der Waals surface area contributed by atoms with Gasteiger partial charge in [-0.25, -0.2) is 9.97 Å². The smallest absolute Gasteiger partial charge is 0.222 e. The van der Waals surface area contributed by atoms with Crippen molar-refractivity contribution < 1.29 is 24.1 Å². The van der Waals surface area contributed by atoms with Crippen LogP contribution < -0.4 is 10.1 Å². The number of hydrogen-bond donors (Lipinski definition) is 2. The molecular formula is C24H30N4O5. The highest BCUT2D eigenvalue weighted by molar-refractivity contribution is 5.98. The van der Waals surface area contributed by atoms with Crippen LogP contribution in [0, 0.1) is 0 Å². The van der Waals surface area contributed by atoms with E-state index in [1.165, 1.54) is 6.92 Å². The zero-order valence-electron chi connectivity index (χ0n) is 19.4. The first-order valence-corrected chi connectivity index (χ1v) is 11.0. The lowest BCUT2D eigenvalue weighted by Gasteiger charge is -2.26. The maximum atomic E-state index is 11.5. The zero-order valence-corrected chi connectivity index (χ0v) is 19.4. The van der Waals surface area contributed by atoms with Crippen LogP contribution in [-0.4, -0.2) is 58.6 Å². The molecule has 3 aromatic rings. The van der Waals surface area contributed by atoms with E-state index in [2.05, 4.69) is 10.3 Å². The van der Waals surface area contributed by atoms with E-state index in [1.54, 1.807) is 20.2 Å². The Bertz CT molecular complexity index is 1150. The molecule has 0 aromatic carbocycles. The Kier molecular flexibility index (Phi) is 6.64. The molecule has 0 saturated carbocycles. The summed E-state index contributed by atoms with van der Waals surface area (Å²) in [5, 5.41) is 13.3. The van der Waals surface area contributed by atoms with Crippen molar-refractivity contribution in [2.24, 2.45) is 7.05 Å². The number of aliphatic hydroxyl groups is 1. The summed E-state index contributed by atoms with van der Waals surface area (Å²) < 4.78 is 19.5. The van der Waals surface area contributed by atoms with Gasteiger partial charge in [-0.3, -0.25) is 4.79 Å². The van der Waals surface area contributed by atoms with Gasteiger partial charge in [0, 0.05) is 69.8 Å². The molecule has 0 spiro atoms. The molecule has 1 aliphatic rings. The molecule has 0 aliphatic carbocycles. The molecule has 0 radical (unpaired) electrons. The van der Waals surface area contributed by atoms with Crippen LogP contribution in [0.5, 0.6) is 5.75 Å². The largest absolute Gasteiger partial charge is 0.493 e. The third-order valence-electron chi connectivity index (χ3n) is 5.90. The summed E-state index contributed by atoms with van der Waals surface area (Å²) in [5.74, 6) is 0.938. The summed E-state index contributed by atoms with van der Waals surface area (Å²) in [6, 6.07) is 5.62. The van der Waals surface area contributed by atoms with E-state index in [4.69, 9.17) is 19.2 Å². The molecule has 1 fully saturated rings. The average Bonchev–Trinajstić information content (AvgIpc) is 3.38. The number of carbonyl (C=O) groups is 1. The van der Waals surface area contributed by atoms with Crippen molar-refractivity contribution in [3.8, 4) is 17.0 Å². The van der Waals surface area contributed by atoms with Crippen molar-refractivity contribution in [3.05, 3.63) is 36.3 Å². The number of ether oxygens (including phenoxy) is 3. The number of anilines is 1. The van der Waals surface area contributed by atoms with E-state index in [1.807, 2.05) is 36.0 Å². The number of aliphatic hydroxyl groups excluding tert-OH is 1. The standard InChI is InChI=1S/C24H30N4O5/c1-15(29)5-7-33-17-9-20(27-22(10-17)24(31-4)6-8-32-14-24)19-13-28(3)21-12-25-23(11-18(19)21)26-16(2)30/h9-13,15,29H,5-8,14H2,1-4H3,(H,25,26,30)/t15-,24+/m1/s1.